The van der Waals surface area contributed by atoms with Crippen molar-refractivity contribution in [3.05, 3.63) is 35.1 Å². The number of aliphatic carboxylic acids is 1. The molecule has 1 aliphatic rings. The number of rotatable bonds is 3. The first-order valence-electron chi connectivity index (χ1n) is 5.83. The Morgan fingerprint density at radius 1 is 1.28 bits per heavy atom. The van der Waals surface area contributed by atoms with Gasteiger partial charge in [-0.2, -0.15) is 0 Å². The second-order valence-electron chi connectivity index (χ2n) is 4.37. The van der Waals surface area contributed by atoms with Crippen LogP contribution < -0.4 is 0 Å². The van der Waals surface area contributed by atoms with Gasteiger partial charge in [0.2, 0.25) is 5.91 Å². The number of carbonyl (C=O) groups excluding carboxylic acids is 1. The molecule has 2 rings (SSSR count). The molecule has 1 aliphatic heterocycles. The number of hydrogen-bond donors (Lipinski definition) is 1. The number of benzene rings is 1. The smallest absolute Gasteiger partial charge is 0.303 e. The van der Waals surface area contributed by atoms with Crippen molar-refractivity contribution in [2.45, 2.75) is 25.8 Å². The Balaban J connectivity index is 2.02. The van der Waals surface area contributed by atoms with E-state index in [1.165, 1.54) is 12.1 Å². The van der Waals surface area contributed by atoms with Crippen LogP contribution in [0.25, 0.3) is 0 Å². The Kier molecular flexibility index (Phi) is 3.60. The predicted molar refractivity (Wildman–Crippen MR) is 62.4 cm³/mol. The third kappa shape index (κ3) is 2.85. The third-order valence-corrected chi connectivity index (χ3v) is 3.09. The minimum Gasteiger partial charge on any atom is -0.481 e. The van der Waals surface area contributed by atoms with Crippen molar-refractivity contribution in [1.82, 2.24) is 4.90 Å². The molecule has 0 radical (unpaired) electrons. The molecule has 0 bridgehead atoms. The number of carboxylic acids is 1. The minimum absolute atomic E-state index is 0.0000175. The highest BCUT2D eigenvalue weighted by atomic mass is 19.1. The topological polar surface area (TPSA) is 57.6 Å². The summed E-state index contributed by atoms with van der Waals surface area (Å²) in [6.45, 7) is 0.933. The normalized spacial score (nSPS) is 14.2. The highest BCUT2D eigenvalue weighted by molar-refractivity contribution is 5.80. The van der Waals surface area contributed by atoms with Gasteiger partial charge in [-0.15, -0.1) is 0 Å². The fourth-order valence-corrected chi connectivity index (χ4v) is 2.11. The van der Waals surface area contributed by atoms with Crippen LogP contribution in [0.3, 0.4) is 0 Å². The van der Waals surface area contributed by atoms with Crippen LogP contribution >= 0.6 is 0 Å². The fourth-order valence-electron chi connectivity index (χ4n) is 2.11. The molecule has 1 aromatic carbocycles. The molecule has 0 aliphatic carbocycles. The largest absolute Gasteiger partial charge is 0.481 e. The average Bonchev–Trinajstić information content (AvgIpc) is 2.34. The summed E-state index contributed by atoms with van der Waals surface area (Å²) in [5.74, 6) is -1.48. The Morgan fingerprint density at radius 2 is 2.06 bits per heavy atom. The molecule has 0 atom stereocenters. The Morgan fingerprint density at radius 3 is 2.78 bits per heavy atom. The molecule has 0 fully saturated rings. The van der Waals surface area contributed by atoms with Crippen LogP contribution in [-0.4, -0.2) is 28.4 Å². The lowest BCUT2D eigenvalue weighted by Gasteiger charge is -2.28. The first-order chi connectivity index (χ1) is 8.56. The quantitative estimate of drug-likeness (QED) is 0.887. The lowest BCUT2D eigenvalue weighted by molar-refractivity contribution is -0.141. The van der Waals surface area contributed by atoms with E-state index < -0.39 is 5.97 Å². The summed E-state index contributed by atoms with van der Waals surface area (Å²) in [4.78, 5) is 23.8. The van der Waals surface area contributed by atoms with Gasteiger partial charge in [-0.05, 0) is 29.7 Å². The van der Waals surface area contributed by atoms with E-state index in [1.807, 2.05) is 0 Å². The van der Waals surface area contributed by atoms with Crippen LogP contribution in [0.1, 0.15) is 24.0 Å². The molecule has 1 N–H and O–H groups in total. The molecule has 0 unspecified atom stereocenters. The van der Waals surface area contributed by atoms with Gasteiger partial charge in [-0.25, -0.2) is 4.39 Å². The summed E-state index contributed by atoms with van der Waals surface area (Å²) in [6.07, 6.45) is 0.528. The fraction of sp³-hybridized carbons (Fsp3) is 0.385. The third-order valence-electron chi connectivity index (χ3n) is 3.09. The number of carbonyl (C=O) groups is 2. The second-order valence-corrected chi connectivity index (χ2v) is 4.37. The van der Waals surface area contributed by atoms with E-state index in [9.17, 15) is 14.0 Å². The van der Waals surface area contributed by atoms with Crippen molar-refractivity contribution in [2.24, 2.45) is 0 Å². The number of halogens is 1. The van der Waals surface area contributed by atoms with Gasteiger partial charge in [-0.1, -0.05) is 6.07 Å². The van der Waals surface area contributed by atoms with Gasteiger partial charge in [0.25, 0.3) is 0 Å². The molecule has 1 aromatic rings. The highest BCUT2D eigenvalue weighted by Crippen LogP contribution is 2.20. The number of nitrogens with zero attached hydrogens (tertiary/aromatic N) is 1. The summed E-state index contributed by atoms with van der Waals surface area (Å²) >= 11 is 0. The molecule has 96 valence electrons. The molecule has 0 aromatic heterocycles. The molecule has 1 heterocycles. The Labute approximate surface area is 104 Å². The van der Waals surface area contributed by atoms with Gasteiger partial charge < -0.3 is 10.0 Å². The number of fused-ring (bicyclic) bond motifs is 1. The van der Waals surface area contributed by atoms with Crippen LogP contribution in [0.2, 0.25) is 0 Å². The van der Waals surface area contributed by atoms with E-state index in [-0.39, 0.29) is 24.6 Å². The highest BCUT2D eigenvalue weighted by Gasteiger charge is 2.21. The number of amides is 1. The van der Waals surface area contributed by atoms with E-state index >= 15 is 0 Å². The molecule has 18 heavy (non-hydrogen) atoms. The Hall–Kier alpha value is -1.91. The monoisotopic (exact) mass is 251 g/mol. The van der Waals surface area contributed by atoms with Crippen LogP contribution in [0.15, 0.2) is 18.2 Å². The first-order valence-corrected chi connectivity index (χ1v) is 5.83. The second kappa shape index (κ2) is 5.16. The summed E-state index contributed by atoms with van der Waals surface area (Å²) in [7, 11) is 0. The predicted octanol–water partition coefficient (Wildman–Crippen LogP) is 1.58. The van der Waals surface area contributed by atoms with Crippen LogP contribution in [0.4, 0.5) is 4.39 Å². The van der Waals surface area contributed by atoms with E-state index in [2.05, 4.69) is 0 Å². The van der Waals surface area contributed by atoms with E-state index in [0.29, 0.717) is 19.5 Å². The van der Waals surface area contributed by atoms with Crippen molar-refractivity contribution < 1.29 is 19.1 Å². The summed E-state index contributed by atoms with van der Waals surface area (Å²) in [6, 6.07) is 4.59. The zero-order chi connectivity index (χ0) is 13.1. The van der Waals surface area contributed by atoms with E-state index in [4.69, 9.17) is 5.11 Å². The maximum absolute atomic E-state index is 13.1. The molecule has 0 saturated heterocycles. The average molecular weight is 251 g/mol. The summed E-state index contributed by atoms with van der Waals surface area (Å²) in [5.41, 5.74) is 1.86. The van der Waals surface area contributed by atoms with E-state index in [0.717, 1.165) is 11.1 Å². The van der Waals surface area contributed by atoms with Crippen molar-refractivity contribution in [3.63, 3.8) is 0 Å². The summed E-state index contributed by atoms with van der Waals surface area (Å²) in [5, 5.41) is 8.53. The van der Waals surface area contributed by atoms with Gasteiger partial charge in [0.15, 0.2) is 0 Å². The number of carboxylic acid groups (broad SMARTS) is 1. The van der Waals surface area contributed by atoms with Crippen molar-refractivity contribution in [1.29, 1.82) is 0 Å². The standard InChI is InChI=1S/C13H14FNO3/c14-11-2-1-9-5-6-15(8-10(9)7-11)12(16)3-4-13(17)18/h1-2,7H,3-6,8H2,(H,17,18). The van der Waals surface area contributed by atoms with Crippen molar-refractivity contribution in [3.8, 4) is 0 Å². The SMILES string of the molecule is O=C(O)CCC(=O)N1CCc2ccc(F)cc2C1. The molecule has 5 heteroatoms. The van der Waals surface area contributed by atoms with Crippen molar-refractivity contribution >= 4 is 11.9 Å². The lowest BCUT2D eigenvalue weighted by atomic mass is 9.99. The molecule has 0 saturated carbocycles. The van der Waals surface area contributed by atoms with Crippen molar-refractivity contribution in [2.75, 3.05) is 6.54 Å². The van der Waals surface area contributed by atoms with Gasteiger partial charge in [0.05, 0.1) is 6.42 Å². The molecule has 1 amide bonds. The molecule has 0 spiro atoms. The Bertz CT molecular complexity index is 487. The van der Waals surface area contributed by atoms with Gasteiger partial charge in [-0.3, -0.25) is 9.59 Å². The van der Waals surface area contributed by atoms with E-state index in [1.54, 1.807) is 11.0 Å². The lowest BCUT2D eigenvalue weighted by Crippen LogP contribution is -2.36. The first kappa shape index (κ1) is 12.5. The summed E-state index contributed by atoms with van der Waals surface area (Å²) < 4.78 is 13.1. The number of hydrogen-bond acceptors (Lipinski definition) is 2. The maximum Gasteiger partial charge on any atom is 0.303 e. The molecule has 4 nitrogen and oxygen atoms in total. The van der Waals surface area contributed by atoms with Crippen LogP contribution in [-0.2, 0) is 22.6 Å². The minimum atomic E-state index is -0.980. The van der Waals surface area contributed by atoms with Gasteiger partial charge in [0, 0.05) is 19.5 Å². The van der Waals surface area contributed by atoms with Crippen LogP contribution in [0.5, 0.6) is 0 Å². The zero-order valence-corrected chi connectivity index (χ0v) is 9.86. The zero-order valence-electron chi connectivity index (χ0n) is 9.86. The molecular weight excluding hydrogens is 237 g/mol. The maximum atomic E-state index is 13.1. The molecular formula is C13H14FNO3. The van der Waals surface area contributed by atoms with Gasteiger partial charge >= 0.3 is 5.97 Å². The van der Waals surface area contributed by atoms with Gasteiger partial charge in [0.1, 0.15) is 5.82 Å². The van der Waals surface area contributed by atoms with Crippen LogP contribution in [0, 0.1) is 5.82 Å².